The number of halogens is 2. The molecule has 8 heteroatoms. The van der Waals surface area contributed by atoms with Crippen molar-refractivity contribution in [2.45, 2.75) is 50.9 Å². The van der Waals surface area contributed by atoms with E-state index in [4.69, 9.17) is 9.53 Å². The zero-order chi connectivity index (χ0) is 20.3. The van der Waals surface area contributed by atoms with Gasteiger partial charge in [0.1, 0.15) is 6.61 Å². The van der Waals surface area contributed by atoms with E-state index >= 15 is 0 Å². The van der Waals surface area contributed by atoms with Crippen molar-refractivity contribution in [3.63, 3.8) is 0 Å². The molecule has 0 saturated heterocycles. The van der Waals surface area contributed by atoms with E-state index in [1.807, 2.05) is 33.9 Å². The number of carboxylic acid groups (broad SMARTS) is 1. The van der Waals surface area contributed by atoms with Gasteiger partial charge in [-0.1, -0.05) is 45.0 Å². The second-order valence-corrected chi connectivity index (χ2v) is 12.8. The summed E-state index contributed by atoms with van der Waals surface area (Å²) in [4.78, 5) is 11.8. The van der Waals surface area contributed by atoms with Crippen molar-refractivity contribution in [2.75, 3.05) is 20.2 Å². The van der Waals surface area contributed by atoms with Crippen LogP contribution in [0.1, 0.15) is 38.0 Å². The lowest BCUT2D eigenvalue weighted by atomic mass is 9.97. The number of likely N-dealkylation sites (N-methyl/N-ethyl adjacent to an activating group) is 1. The maximum Gasteiger partial charge on any atom is 0.407 e. The molecule has 0 radical (unpaired) electrons. The van der Waals surface area contributed by atoms with Crippen LogP contribution in [0, 0.1) is 0 Å². The summed E-state index contributed by atoms with van der Waals surface area (Å²) in [6.45, 7) is 8.62. The lowest BCUT2D eigenvalue weighted by Crippen LogP contribution is -2.43. The molecule has 26 heavy (non-hydrogen) atoms. The van der Waals surface area contributed by atoms with Crippen LogP contribution < -0.4 is 0 Å². The number of hydrogen-bond donors (Lipinski definition) is 2. The molecule has 1 rings (SSSR count). The highest BCUT2D eigenvalue weighted by atomic mass is 28.4. The van der Waals surface area contributed by atoms with Gasteiger partial charge in [0, 0.05) is 12.6 Å². The summed E-state index contributed by atoms with van der Waals surface area (Å²) in [5.41, 5.74) is -0.338. The topological polar surface area (TPSA) is 70.0 Å². The molecule has 0 saturated carbocycles. The molecule has 0 bridgehead atoms. The molecule has 0 aliphatic rings. The smallest absolute Gasteiger partial charge is 0.407 e. The number of carbonyl (C=O) groups is 1. The Morgan fingerprint density at radius 3 is 2.31 bits per heavy atom. The van der Waals surface area contributed by atoms with E-state index in [1.54, 1.807) is 0 Å². The Kier molecular flexibility index (Phi) is 6.95. The average molecular weight is 390 g/mol. The van der Waals surface area contributed by atoms with E-state index in [0.29, 0.717) is 0 Å². The number of benzene rings is 1. The Hall–Kier alpha value is -1.51. The van der Waals surface area contributed by atoms with Crippen LogP contribution in [0.25, 0.3) is 0 Å². The first-order valence-electron chi connectivity index (χ1n) is 8.42. The zero-order valence-corrected chi connectivity index (χ0v) is 17.2. The van der Waals surface area contributed by atoms with Gasteiger partial charge in [-0.15, -0.1) is 0 Å². The monoisotopic (exact) mass is 389 g/mol. The maximum absolute atomic E-state index is 14.8. The molecule has 2 N–H and O–H groups in total. The molecule has 5 nitrogen and oxygen atoms in total. The van der Waals surface area contributed by atoms with Crippen molar-refractivity contribution in [2.24, 2.45) is 0 Å². The first kappa shape index (κ1) is 22.5. The summed E-state index contributed by atoms with van der Waals surface area (Å²) in [5.74, 6) is -3.30. The van der Waals surface area contributed by atoms with Gasteiger partial charge in [0.05, 0.1) is 12.6 Å². The first-order valence-corrected chi connectivity index (χ1v) is 11.3. The SMILES string of the molecule is CN(CC(O)c1ccccc1C(F)(F)CO[Si](C)(C)C(C)(C)C)C(=O)O. The largest absolute Gasteiger partial charge is 0.465 e. The molecule has 1 unspecified atom stereocenters. The Morgan fingerprint density at radius 1 is 1.27 bits per heavy atom. The number of rotatable bonds is 7. The first-order chi connectivity index (χ1) is 11.7. The molecule has 0 heterocycles. The average Bonchev–Trinajstić information content (AvgIpc) is 2.52. The normalized spacial score (nSPS) is 14.2. The van der Waals surface area contributed by atoms with E-state index in [9.17, 15) is 18.7 Å². The van der Waals surface area contributed by atoms with E-state index in [-0.39, 0.29) is 22.7 Å². The van der Waals surface area contributed by atoms with Gasteiger partial charge in [-0.2, -0.15) is 8.78 Å². The van der Waals surface area contributed by atoms with Crippen LogP contribution in [0.15, 0.2) is 24.3 Å². The predicted molar refractivity (Wildman–Crippen MR) is 99.1 cm³/mol. The van der Waals surface area contributed by atoms with Crippen molar-refractivity contribution >= 4 is 14.4 Å². The van der Waals surface area contributed by atoms with Gasteiger partial charge in [0.2, 0.25) is 0 Å². The van der Waals surface area contributed by atoms with Crippen LogP contribution in [-0.4, -0.2) is 49.7 Å². The number of hydrogen-bond acceptors (Lipinski definition) is 3. The third kappa shape index (κ3) is 5.49. The number of nitrogens with zero attached hydrogens (tertiary/aromatic N) is 1. The second kappa shape index (κ2) is 8.02. The minimum Gasteiger partial charge on any atom is -0.465 e. The van der Waals surface area contributed by atoms with Crippen molar-refractivity contribution in [3.05, 3.63) is 35.4 Å². The van der Waals surface area contributed by atoms with Crippen LogP contribution in [0.5, 0.6) is 0 Å². The Morgan fingerprint density at radius 2 is 1.81 bits per heavy atom. The summed E-state index contributed by atoms with van der Waals surface area (Å²) in [6, 6.07) is 5.63. The van der Waals surface area contributed by atoms with Crippen LogP contribution >= 0.6 is 0 Å². The highest BCUT2D eigenvalue weighted by Crippen LogP contribution is 2.40. The molecule has 1 atom stereocenters. The molecule has 0 spiro atoms. The van der Waals surface area contributed by atoms with Gasteiger partial charge in [0.15, 0.2) is 8.32 Å². The van der Waals surface area contributed by atoms with Crippen LogP contribution in [0.2, 0.25) is 18.1 Å². The van der Waals surface area contributed by atoms with Crippen molar-refractivity contribution < 1.29 is 28.2 Å². The van der Waals surface area contributed by atoms with E-state index in [2.05, 4.69) is 0 Å². The van der Waals surface area contributed by atoms with E-state index in [0.717, 1.165) is 4.90 Å². The molecule has 1 aromatic carbocycles. The van der Waals surface area contributed by atoms with Crippen LogP contribution in [-0.2, 0) is 10.3 Å². The summed E-state index contributed by atoms with van der Waals surface area (Å²) in [5, 5.41) is 19.0. The molecule has 0 aliphatic heterocycles. The summed E-state index contributed by atoms with van der Waals surface area (Å²) in [7, 11) is -1.09. The maximum atomic E-state index is 14.8. The number of aliphatic hydroxyl groups excluding tert-OH is 1. The highest BCUT2D eigenvalue weighted by Gasteiger charge is 2.42. The summed E-state index contributed by atoms with van der Waals surface area (Å²) >= 11 is 0. The third-order valence-corrected chi connectivity index (χ3v) is 9.39. The highest BCUT2D eigenvalue weighted by molar-refractivity contribution is 6.74. The molecule has 1 aromatic rings. The van der Waals surface area contributed by atoms with Gasteiger partial charge >= 0.3 is 6.09 Å². The van der Waals surface area contributed by atoms with Gasteiger partial charge in [-0.05, 0) is 23.7 Å². The second-order valence-electron chi connectivity index (χ2n) is 8.02. The Bertz CT molecular complexity index is 632. The minimum atomic E-state index is -3.30. The standard InChI is InChI=1S/C18H29F2NO4Si/c1-17(2,3)26(5,6)25-12-18(19,20)14-10-8-7-9-13(14)15(22)11-21(4)16(23)24/h7-10,15,22H,11-12H2,1-6H3,(H,23,24). The Labute approximate surface area is 154 Å². The molecule has 0 aromatic heterocycles. The van der Waals surface area contributed by atoms with E-state index in [1.165, 1.54) is 31.3 Å². The van der Waals surface area contributed by atoms with Crippen molar-refractivity contribution in [3.8, 4) is 0 Å². The fourth-order valence-electron chi connectivity index (χ4n) is 2.12. The van der Waals surface area contributed by atoms with E-state index < -0.39 is 33.0 Å². The molecule has 0 fully saturated rings. The van der Waals surface area contributed by atoms with Gasteiger partial charge in [0.25, 0.3) is 5.92 Å². The molecular formula is C18H29F2NO4Si. The van der Waals surface area contributed by atoms with Gasteiger partial charge < -0.3 is 19.5 Å². The lowest BCUT2D eigenvalue weighted by Gasteiger charge is -2.37. The summed E-state index contributed by atoms with van der Waals surface area (Å²) < 4.78 is 35.4. The number of amides is 1. The van der Waals surface area contributed by atoms with Crippen LogP contribution in [0.3, 0.4) is 0 Å². The van der Waals surface area contributed by atoms with Gasteiger partial charge in [-0.3, -0.25) is 0 Å². The molecule has 148 valence electrons. The quantitative estimate of drug-likeness (QED) is 0.676. The van der Waals surface area contributed by atoms with Crippen LogP contribution in [0.4, 0.5) is 13.6 Å². The molecule has 0 aliphatic carbocycles. The lowest BCUT2D eigenvalue weighted by molar-refractivity contribution is -0.0532. The van der Waals surface area contributed by atoms with Crippen molar-refractivity contribution in [1.29, 1.82) is 0 Å². The van der Waals surface area contributed by atoms with Crippen molar-refractivity contribution in [1.82, 2.24) is 4.90 Å². The fraction of sp³-hybridized carbons (Fsp3) is 0.611. The summed E-state index contributed by atoms with van der Waals surface area (Å²) in [6.07, 6.45) is -2.60. The minimum absolute atomic E-state index is 0.00410. The molecule has 1 amide bonds. The number of alkyl halides is 2. The number of aliphatic hydroxyl groups is 1. The zero-order valence-electron chi connectivity index (χ0n) is 16.2. The molecular weight excluding hydrogens is 360 g/mol. The Balaban J connectivity index is 3.05. The fourth-order valence-corrected chi connectivity index (χ4v) is 3.10. The third-order valence-electron chi connectivity index (χ3n) is 4.91. The van der Waals surface area contributed by atoms with Gasteiger partial charge in [-0.25, -0.2) is 4.79 Å². The predicted octanol–water partition coefficient (Wildman–Crippen LogP) is 4.44.